The molecule has 2 aromatic carbocycles. The van der Waals surface area contributed by atoms with Crippen LogP contribution in [0, 0.1) is 0 Å². The van der Waals surface area contributed by atoms with Crippen LogP contribution in [0.2, 0.25) is 0 Å². The second-order valence-electron chi connectivity index (χ2n) is 8.63. The number of aromatic amines is 1. The van der Waals surface area contributed by atoms with E-state index < -0.39 is 30.3 Å². The van der Waals surface area contributed by atoms with Gasteiger partial charge < -0.3 is 25.8 Å². The maximum absolute atomic E-state index is 12.9. The first kappa shape index (κ1) is 29.1. The molecule has 5 N–H and O–H groups in total. The van der Waals surface area contributed by atoms with Gasteiger partial charge in [-0.3, -0.25) is 14.7 Å². The Morgan fingerprint density at radius 1 is 1.02 bits per heavy atom. The molecule has 1 atom stereocenters. The second-order valence-corrected chi connectivity index (χ2v) is 8.63. The number of anilines is 2. The molecule has 0 spiro atoms. The number of carbonyl (C=O) groups is 3. The van der Waals surface area contributed by atoms with Gasteiger partial charge in [-0.1, -0.05) is 12.1 Å². The zero-order valence-corrected chi connectivity index (χ0v) is 20.5. The number of halogens is 6. The normalized spacial score (nSPS) is 16.4. The van der Waals surface area contributed by atoms with Gasteiger partial charge in [0.15, 0.2) is 5.78 Å². The molecular formula is C25H19F6N5O5. The van der Waals surface area contributed by atoms with E-state index in [2.05, 4.69) is 30.9 Å². The fraction of sp³-hybridized carbons (Fsp3) is 0.200. The van der Waals surface area contributed by atoms with Crippen LogP contribution in [0.15, 0.2) is 66.0 Å². The molecule has 216 valence electrons. The molecule has 2 aliphatic heterocycles. The van der Waals surface area contributed by atoms with Gasteiger partial charge in [0.25, 0.3) is 5.91 Å². The van der Waals surface area contributed by atoms with E-state index in [1.807, 2.05) is 6.07 Å². The van der Waals surface area contributed by atoms with Crippen LogP contribution in [-0.4, -0.2) is 58.6 Å². The zero-order valence-electron chi connectivity index (χ0n) is 20.5. The topological polar surface area (TPSA) is 145 Å². The van der Waals surface area contributed by atoms with E-state index in [9.17, 15) is 35.9 Å². The molecule has 3 aromatic rings. The summed E-state index contributed by atoms with van der Waals surface area (Å²) in [6.07, 6.45) is -8.22. The number of carbonyl (C=O) groups excluding carboxylic acids is 2. The Balaban J connectivity index is 0.000000493. The molecule has 0 aliphatic carbocycles. The molecule has 5 rings (SSSR count). The van der Waals surface area contributed by atoms with Crippen molar-refractivity contribution in [1.82, 2.24) is 15.5 Å². The lowest BCUT2D eigenvalue weighted by molar-refractivity contribution is -0.274. The van der Waals surface area contributed by atoms with Gasteiger partial charge in [0.05, 0.1) is 12.7 Å². The molecule has 0 saturated carbocycles. The fourth-order valence-corrected chi connectivity index (χ4v) is 4.18. The minimum atomic E-state index is -5.08. The van der Waals surface area contributed by atoms with Crippen LogP contribution in [-0.2, 0) is 9.59 Å². The van der Waals surface area contributed by atoms with Crippen LogP contribution in [0.3, 0.4) is 0 Å². The maximum Gasteiger partial charge on any atom is 0.573 e. The smallest absolute Gasteiger partial charge is 0.475 e. The van der Waals surface area contributed by atoms with Crippen LogP contribution in [0.5, 0.6) is 5.75 Å². The highest BCUT2D eigenvalue weighted by Crippen LogP contribution is 2.42. The number of fused-ring (bicyclic) bond motifs is 1. The number of nitrogens with zero attached hydrogens (tertiary/aromatic N) is 1. The van der Waals surface area contributed by atoms with Crippen molar-refractivity contribution in [2.45, 2.75) is 18.5 Å². The lowest BCUT2D eigenvalue weighted by atomic mass is 9.79. The summed E-state index contributed by atoms with van der Waals surface area (Å²) in [6, 6.07) is 11.7. The van der Waals surface area contributed by atoms with Crippen molar-refractivity contribution in [2.24, 2.45) is 0 Å². The van der Waals surface area contributed by atoms with Gasteiger partial charge in [-0.25, -0.2) is 4.79 Å². The van der Waals surface area contributed by atoms with E-state index in [1.165, 1.54) is 12.1 Å². The van der Waals surface area contributed by atoms with E-state index in [1.54, 1.807) is 24.4 Å². The molecule has 3 heterocycles. The summed E-state index contributed by atoms with van der Waals surface area (Å²) in [6.45, 7) is 0.725. The van der Waals surface area contributed by atoms with E-state index in [0.29, 0.717) is 29.2 Å². The predicted molar refractivity (Wildman–Crippen MR) is 130 cm³/mol. The number of aromatic nitrogens is 2. The summed E-state index contributed by atoms with van der Waals surface area (Å²) in [5.74, 6) is -3.33. The quantitative estimate of drug-likeness (QED) is 0.288. The average Bonchev–Trinajstić information content (AvgIpc) is 3.36. The van der Waals surface area contributed by atoms with Gasteiger partial charge >= 0.3 is 18.5 Å². The van der Waals surface area contributed by atoms with Gasteiger partial charge in [-0.05, 0) is 42.0 Å². The van der Waals surface area contributed by atoms with Crippen LogP contribution in [0.25, 0.3) is 0 Å². The van der Waals surface area contributed by atoms with Crippen molar-refractivity contribution >= 4 is 29.2 Å². The molecule has 10 nitrogen and oxygen atoms in total. The highest BCUT2D eigenvalue weighted by molar-refractivity contribution is 6.05. The molecule has 0 radical (unpaired) electrons. The zero-order chi connectivity index (χ0) is 29.9. The molecule has 0 saturated heterocycles. The number of aliphatic carboxylic acids is 1. The van der Waals surface area contributed by atoms with Gasteiger partial charge in [-0.2, -0.15) is 18.3 Å². The van der Waals surface area contributed by atoms with Crippen molar-refractivity contribution in [3.05, 3.63) is 82.7 Å². The Bertz CT molecular complexity index is 1500. The average molecular weight is 583 g/mol. The van der Waals surface area contributed by atoms with Gasteiger partial charge in [-0.15, -0.1) is 13.2 Å². The summed E-state index contributed by atoms with van der Waals surface area (Å²) in [7, 11) is 0. The molecule has 1 amide bonds. The SMILES string of the molecule is O=C(O)C(F)(F)F.O=C1CNCC2=C1C(c1cccc(C(=O)Nc3ccc(OC(F)(F)F)cc3)c1)c1cn[nH]c1N2. The number of Topliss-reactive ketones (excluding diaryl/α,β-unsaturated/α-hetero) is 1. The second kappa shape index (κ2) is 11.3. The standard InChI is InChI=1S/C23H18F3N5O3.C2HF3O2/c24-23(25,26)34-15-6-4-14(5-7-15)29-22(33)13-3-1-2-12(8-13)19-16-9-28-31-21(16)30-17-10-27-11-18(32)20(17)19;3-2(4,5)1(6)7/h1-9,19,27H,10-11H2,(H,29,33)(H2,28,30,31);(H,6,7). The van der Waals surface area contributed by atoms with Crippen molar-refractivity contribution in [2.75, 3.05) is 23.7 Å². The summed E-state index contributed by atoms with van der Waals surface area (Å²) in [4.78, 5) is 34.5. The Kier molecular flexibility index (Phi) is 8.05. The number of rotatable bonds is 4. The molecule has 41 heavy (non-hydrogen) atoms. The molecule has 16 heteroatoms. The van der Waals surface area contributed by atoms with Crippen LogP contribution in [0.1, 0.15) is 27.4 Å². The van der Waals surface area contributed by atoms with Crippen molar-refractivity contribution in [1.29, 1.82) is 0 Å². The number of hydrogen-bond acceptors (Lipinski definition) is 7. The molecular weight excluding hydrogens is 564 g/mol. The lowest BCUT2D eigenvalue weighted by Crippen LogP contribution is -2.39. The minimum absolute atomic E-state index is 0.0402. The number of hydrogen-bond donors (Lipinski definition) is 5. The fourth-order valence-electron chi connectivity index (χ4n) is 4.18. The number of carboxylic acid groups (broad SMARTS) is 1. The first-order valence-corrected chi connectivity index (χ1v) is 11.6. The van der Waals surface area contributed by atoms with E-state index in [-0.39, 0.29) is 18.1 Å². The van der Waals surface area contributed by atoms with Gasteiger partial charge in [0.1, 0.15) is 11.6 Å². The number of amides is 1. The Morgan fingerprint density at radius 2 is 1.71 bits per heavy atom. The third-order valence-corrected chi connectivity index (χ3v) is 5.83. The van der Waals surface area contributed by atoms with Crippen molar-refractivity contribution < 1.29 is 50.6 Å². The van der Waals surface area contributed by atoms with Crippen LogP contribution in [0.4, 0.5) is 37.8 Å². The highest BCUT2D eigenvalue weighted by Gasteiger charge is 2.38. The number of alkyl halides is 6. The van der Waals surface area contributed by atoms with Crippen LogP contribution >= 0.6 is 0 Å². The maximum atomic E-state index is 12.9. The third-order valence-electron chi connectivity index (χ3n) is 5.83. The van der Waals surface area contributed by atoms with Gasteiger partial charge in [0, 0.05) is 40.5 Å². The van der Waals surface area contributed by atoms with E-state index in [4.69, 9.17) is 9.90 Å². The summed E-state index contributed by atoms with van der Waals surface area (Å²) < 4.78 is 72.6. The summed E-state index contributed by atoms with van der Waals surface area (Å²) in [5, 5.41) is 23.1. The predicted octanol–water partition coefficient (Wildman–Crippen LogP) is 4.18. The summed E-state index contributed by atoms with van der Waals surface area (Å²) >= 11 is 0. The number of ether oxygens (including phenoxy) is 1. The first-order chi connectivity index (χ1) is 19.2. The number of H-pyrrole nitrogens is 1. The monoisotopic (exact) mass is 583 g/mol. The van der Waals surface area contributed by atoms with Gasteiger partial charge in [0.2, 0.25) is 0 Å². The third kappa shape index (κ3) is 7.02. The lowest BCUT2D eigenvalue weighted by Gasteiger charge is -2.32. The van der Waals surface area contributed by atoms with E-state index in [0.717, 1.165) is 29.0 Å². The largest absolute Gasteiger partial charge is 0.573 e. The molecule has 0 fully saturated rings. The number of nitrogens with one attached hydrogen (secondary N) is 4. The summed E-state index contributed by atoms with van der Waals surface area (Å²) in [5.41, 5.74) is 3.57. The number of carboxylic acids is 1. The Morgan fingerprint density at radius 3 is 2.34 bits per heavy atom. The van der Waals surface area contributed by atoms with E-state index >= 15 is 0 Å². The van der Waals surface area contributed by atoms with Crippen molar-refractivity contribution in [3.63, 3.8) is 0 Å². The Labute approximate surface area is 226 Å². The minimum Gasteiger partial charge on any atom is -0.475 e. The number of ketones is 1. The molecule has 0 bridgehead atoms. The highest BCUT2D eigenvalue weighted by atomic mass is 19.4. The first-order valence-electron chi connectivity index (χ1n) is 11.6. The molecule has 1 unspecified atom stereocenters. The number of benzene rings is 2. The Hall–Kier alpha value is -4.86. The molecule has 1 aromatic heterocycles. The molecule has 2 aliphatic rings. The van der Waals surface area contributed by atoms with Crippen molar-refractivity contribution in [3.8, 4) is 5.75 Å². The van der Waals surface area contributed by atoms with Crippen LogP contribution < -0.4 is 20.7 Å².